The van der Waals surface area contributed by atoms with Crippen LogP contribution in [0.3, 0.4) is 0 Å². The van der Waals surface area contributed by atoms with Gasteiger partial charge in [-0.25, -0.2) is 0 Å². The van der Waals surface area contributed by atoms with E-state index in [1.165, 1.54) is 0 Å². The molecule has 0 radical (unpaired) electrons. The molecule has 2 N–H and O–H groups in total. The Labute approximate surface area is 153 Å². The van der Waals surface area contributed by atoms with Crippen molar-refractivity contribution in [1.82, 2.24) is 20.0 Å². The van der Waals surface area contributed by atoms with Gasteiger partial charge in [-0.15, -0.1) is 0 Å². The fourth-order valence-corrected chi connectivity index (χ4v) is 3.26. The largest absolute Gasteiger partial charge is 0.305 e. The summed E-state index contributed by atoms with van der Waals surface area (Å²) in [4.78, 5) is 12.6. The molecule has 128 valence electrons. The highest BCUT2D eigenvalue weighted by Gasteiger charge is 2.27. The molecule has 0 bridgehead atoms. The van der Waals surface area contributed by atoms with Gasteiger partial charge in [0.05, 0.1) is 5.69 Å². The van der Waals surface area contributed by atoms with E-state index in [2.05, 4.69) is 36.5 Å². The van der Waals surface area contributed by atoms with Gasteiger partial charge < -0.3 is 5.32 Å². The van der Waals surface area contributed by atoms with E-state index in [-0.39, 0.29) is 5.91 Å². The molecule has 7 heteroatoms. The van der Waals surface area contributed by atoms with E-state index < -0.39 is 0 Å². The summed E-state index contributed by atoms with van der Waals surface area (Å²) in [6.07, 6.45) is 2.33. The average molecular weight is 400 g/mol. The molecular weight excluding hydrogens is 382 g/mol. The van der Waals surface area contributed by atoms with Gasteiger partial charge in [-0.1, -0.05) is 28.1 Å². The third-order valence-corrected chi connectivity index (χ3v) is 4.96. The second-order valence-corrected chi connectivity index (χ2v) is 7.29. The Morgan fingerprint density at radius 1 is 1.32 bits per heavy atom. The Bertz CT molecular complexity index is 937. The lowest BCUT2D eigenvalue weighted by Crippen LogP contribution is -2.15. The maximum atomic E-state index is 12.6. The van der Waals surface area contributed by atoms with E-state index >= 15 is 0 Å². The third kappa shape index (κ3) is 3.11. The van der Waals surface area contributed by atoms with Gasteiger partial charge in [0.2, 0.25) is 0 Å². The third-order valence-electron chi connectivity index (χ3n) is 4.43. The minimum Gasteiger partial charge on any atom is -0.305 e. The number of hydrogen-bond donors (Lipinski definition) is 2. The van der Waals surface area contributed by atoms with Gasteiger partial charge >= 0.3 is 0 Å². The first-order chi connectivity index (χ1) is 12.0. The molecule has 0 spiro atoms. The molecule has 1 aliphatic carbocycles. The van der Waals surface area contributed by atoms with Crippen LogP contribution in [0.5, 0.6) is 0 Å². The second-order valence-electron chi connectivity index (χ2n) is 6.38. The van der Waals surface area contributed by atoms with E-state index in [4.69, 9.17) is 0 Å². The zero-order valence-electron chi connectivity index (χ0n) is 14.0. The van der Waals surface area contributed by atoms with Gasteiger partial charge in [0.1, 0.15) is 5.82 Å². The number of nitrogens with one attached hydrogen (secondary N) is 2. The number of H-pyrrole nitrogens is 1. The maximum Gasteiger partial charge on any atom is 0.277 e. The number of aryl methyl sites for hydroxylation is 2. The molecule has 0 unspecified atom stereocenters. The number of nitrogens with zero attached hydrogens (tertiary/aromatic N) is 3. The van der Waals surface area contributed by atoms with Crippen LogP contribution in [0.15, 0.2) is 34.8 Å². The highest BCUT2D eigenvalue weighted by molar-refractivity contribution is 9.10. The van der Waals surface area contributed by atoms with Crippen molar-refractivity contribution < 1.29 is 4.79 Å². The minimum atomic E-state index is -0.232. The second kappa shape index (κ2) is 6.15. The number of carbonyl (C=O) groups is 1. The lowest BCUT2D eigenvalue weighted by molar-refractivity contribution is 0.102. The molecule has 1 fully saturated rings. The fraction of sp³-hybridized carbons (Fsp3) is 0.278. The standard InChI is InChI=1S/C18H18BrN5O/c1-10-16(12-5-7-13(19)8-6-12)17(24(2)23-10)20-18(25)15-9-14(21-22-15)11-3-4-11/h5-9,11H,3-4H2,1-2H3,(H,20,25)(H,21,22). The molecule has 1 amide bonds. The summed E-state index contributed by atoms with van der Waals surface area (Å²) in [6, 6.07) is 9.80. The van der Waals surface area contributed by atoms with Crippen LogP contribution in [0, 0.1) is 6.92 Å². The number of halogens is 1. The monoisotopic (exact) mass is 399 g/mol. The number of carbonyl (C=O) groups excluding carboxylic acids is 1. The van der Waals surface area contributed by atoms with Crippen LogP contribution in [-0.4, -0.2) is 25.9 Å². The lowest BCUT2D eigenvalue weighted by atomic mass is 10.1. The summed E-state index contributed by atoms with van der Waals surface area (Å²) in [6.45, 7) is 1.94. The maximum absolute atomic E-state index is 12.6. The molecule has 4 rings (SSSR count). The number of aromatic amines is 1. The van der Waals surface area contributed by atoms with Crippen molar-refractivity contribution in [3.05, 3.63) is 51.9 Å². The Morgan fingerprint density at radius 2 is 2.04 bits per heavy atom. The van der Waals surface area contributed by atoms with Crippen LogP contribution in [0.4, 0.5) is 5.82 Å². The van der Waals surface area contributed by atoms with E-state index in [1.807, 2.05) is 44.3 Å². The number of anilines is 1. The van der Waals surface area contributed by atoms with Crippen molar-refractivity contribution in [3.63, 3.8) is 0 Å². The van der Waals surface area contributed by atoms with Crippen molar-refractivity contribution in [2.45, 2.75) is 25.7 Å². The molecule has 6 nitrogen and oxygen atoms in total. The van der Waals surface area contributed by atoms with Gasteiger partial charge in [0, 0.05) is 28.7 Å². The molecule has 0 aliphatic heterocycles. The van der Waals surface area contributed by atoms with E-state index in [0.29, 0.717) is 17.4 Å². The zero-order valence-corrected chi connectivity index (χ0v) is 15.6. The van der Waals surface area contributed by atoms with Gasteiger partial charge in [-0.05, 0) is 43.5 Å². The quantitative estimate of drug-likeness (QED) is 0.695. The predicted octanol–water partition coefficient (Wildman–Crippen LogP) is 4.01. The molecule has 2 heterocycles. The average Bonchev–Trinajstić information content (AvgIpc) is 3.25. The van der Waals surface area contributed by atoms with Gasteiger partial charge in [0.25, 0.3) is 5.91 Å². The first kappa shape index (κ1) is 16.1. The smallest absolute Gasteiger partial charge is 0.277 e. The van der Waals surface area contributed by atoms with Crippen LogP contribution >= 0.6 is 15.9 Å². The number of amides is 1. The number of aromatic nitrogens is 4. The van der Waals surface area contributed by atoms with Gasteiger partial charge in [-0.3, -0.25) is 14.6 Å². The molecular formula is C18H18BrN5O. The highest BCUT2D eigenvalue weighted by atomic mass is 79.9. The lowest BCUT2D eigenvalue weighted by Gasteiger charge is -2.08. The fourth-order valence-electron chi connectivity index (χ4n) is 2.99. The van der Waals surface area contributed by atoms with Crippen molar-refractivity contribution in [1.29, 1.82) is 0 Å². The van der Waals surface area contributed by atoms with Gasteiger partial charge in [0.15, 0.2) is 5.69 Å². The molecule has 1 saturated carbocycles. The SMILES string of the molecule is Cc1nn(C)c(NC(=O)c2cc(C3CC3)[nH]n2)c1-c1ccc(Br)cc1. The van der Waals surface area contributed by atoms with Crippen LogP contribution in [0.2, 0.25) is 0 Å². The Morgan fingerprint density at radius 3 is 2.72 bits per heavy atom. The first-order valence-corrected chi connectivity index (χ1v) is 8.98. The topological polar surface area (TPSA) is 75.6 Å². The van der Waals surface area contributed by atoms with Crippen molar-refractivity contribution >= 4 is 27.7 Å². The Hall–Kier alpha value is -2.41. The van der Waals surface area contributed by atoms with Crippen molar-refractivity contribution in [3.8, 4) is 11.1 Å². The minimum absolute atomic E-state index is 0.232. The molecule has 3 aromatic rings. The van der Waals surface area contributed by atoms with E-state index in [0.717, 1.165) is 39.8 Å². The molecule has 25 heavy (non-hydrogen) atoms. The number of hydrogen-bond acceptors (Lipinski definition) is 3. The Kier molecular flexibility index (Phi) is 3.95. The van der Waals surface area contributed by atoms with Crippen LogP contribution in [0.1, 0.15) is 40.6 Å². The summed E-state index contributed by atoms with van der Waals surface area (Å²) in [5.41, 5.74) is 4.23. The molecule has 1 aromatic carbocycles. The summed E-state index contributed by atoms with van der Waals surface area (Å²) < 4.78 is 2.70. The van der Waals surface area contributed by atoms with Crippen LogP contribution in [0.25, 0.3) is 11.1 Å². The summed E-state index contributed by atoms with van der Waals surface area (Å²) in [5.74, 6) is 0.969. The summed E-state index contributed by atoms with van der Waals surface area (Å²) in [7, 11) is 1.82. The number of rotatable bonds is 4. The van der Waals surface area contributed by atoms with E-state index in [9.17, 15) is 4.79 Å². The number of benzene rings is 1. The van der Waals surface area contributed by atoms with Crippen molar-refractivity contribution in [2.75, 3.05) is 5.32 Å². The molecule has 1 aliphatic rings. The molecule has 0 atom stereocenters. The van der Waals surface area contributed by atoms with E-state index in [1.54, 1.807) is 4.68 Å². The van der Waals surface area contributed by atoms with Gasteiger partial charge in [-0.2, -0.15) is 10.2 Å². The highest BCUT2D eigenvalue weighted by Crippen LogP contribution is 2.39. The first-order valence-electron chi connectivity index (χ1n) is 8.19. The Balaban J connectivity index is 1.65. The molecule has 0 saturated heterocycles. The van der Waals surface area contributed by atoms with Crippen LogP contribution in [-0.2, 0) is 7.05 Å². The van der Waals surface area contributed by atoms with Crippen LogP contribution < -0.4 is 5.32 Å². The summed E-state index contributed by atoms with van der Waals surface area (Å²) >= 11 is 3.45. The summed E-state index contributed by atoms with van der Waals surface area (Å²) in [5, 5.41) is 14.6. The predicted molar refractivity (Wildman–Crippen MR) is 99.6 cm³/mol. The van der Waals surface area contributed by atoms with Crippen molar-refractivity contribution in [2.24, 2.45) is 7.05 Å². The zero-order chi connectivity index (χ0) is 17.6. The molecule has 2 aromatic heterocycles. The normalized spacial score (nSPS) is 13.9.